The minimum atomic E-state index is -1.59. The van der Waals surface area contributed by atoms with Crippen LogP contribution in [0.4, 0.5) is 0 Å². The van der Waals surface area contributed by atoms with E-state index in [-0.39, 0.29) is 25.2 Å². The number of hydrogen-bond acceptors (Lipinski definition) is 12. The van der Waals surface area contributed by atoms with Crippen LogP contribution in [0.3, 0.4) is 0 Å². The van der Waals surface area contributed by atoms with E-state index in [1.54, 1.807) is 51.1 Å². The van der Waals surface area contributed by atoms with Crippen LogP contribution in [0.1, 0.15) is 112 Å². The Hall–Kier alpha value is -5.67. The normalized spacial score (nSPS) is 17.9. The molecule has 1 heterocycles. The average Bonchev–Trinajstić information content (AvgIpc) is 3.79. The quantitative estimate of drug-likeness (QED) is 0.0445. The van der Waals surface area contributed by atoms with Gasteiger partial charge < -0.3 is 63.8 Å². The smallest absolute Gasteiger partial charge is 0.326 e. The van der Waals surface area contributed by atoms with Crippen molar-refractivity contribution in [3.8, 4) is 0 Å². The molecule has 1 fully saturated rings. The second-order valence-corrected chi connectivity index (χ2v) is 18.4. The lowest BCUT2D eigenvalue weighted by molar-refractivity contribution is -0.144. The number of carbonyl (C=O) groups is 9. The fraction of sp³-hybridized carbons (Fsp3) is 0.681. The van der Waals surface area contributed by atoms with Crippen molar-refractivity contribution in [1.82, 2.24) is 42.1 Å². The van der Waals surface area contributed by atoms with Gasteiger partial charge in [-0.25, -0.2) is 4.79 Å². The summed E-state index contributed by atoms with van der Waals surface area (Å²) < 4.78 is 0. The summed E-state index contributed by atoms with van der Waals surface area (Å²) in [6, 6.07) is -0.526. The molecular weight excluding hydrogens is 881 g/mol. The fourth-order valence-corrected chi connectivity index (χ4v) is 7.69. The number of nitrogens with one attached hydrogen (secondary N) is 7. The number of carbonyl (C=O) groups excluding carboxylic acids is 8. The van der Waals surface area contributed by atoms with Crippen LogP contribution in [0.25, 0.3) is 0 Å². The summed E-state index contributed by atoms with van der Waals surface area (Å²) in [5.41, 5.74) is 12.1. The summed E-state index contributed by atoms with van der Waals surface area (Å²) in [7, 11) is 0. The number of likely N-dealkylation sites (tertiary alicyclic amines) is 1. The van der Waals surface area contributed by atoms with Gasteiger partial charge in [0.15, 0.2) is 0 Å². The highest BCUT2D eigenvalue weighted by molar-refractivity contribution is 5.97. The van der Waals surface area contributed by atoms with Gasteiger partial charge in [0.2, 0.25) is 47.3 Å². The largest absolute Gasteiger partial charge is 0.480 e. The first kappa shape index (κ1) is 58.5. The lowest BCUT2D eigenvalue weighted by atomic mass is 9.94. The molecule has 1 saturated heterocycles. The molecule has 1 aliphatic heterocycles. The Morgan fingerprint density at radius 1 is 0.706 bits per heavy atom. The first-order valence-corrected chi connectivity index (χ1v) is 23.9. The van der Waals surface area contributed by atoms with Crippen molar-refractivity contribution in [2.45, 2.75) is 168 Å². The van der Waals surface area contributed by atoms with Crippen molar-refractivity contribution in [2.75, 3.05) is 19.6 Å². The van der Waals surface area contributed by atoms with Crippen LogP contribution in [-0.4, -0.2) is 142 Å². The van der Waals surface area contributed by atoms with E-state index in [4.69, 9.17) is 11.5 Å². The summed E-state index contributed by atoms with van der Waals surface area (Å²) in [6.07, 6.45) is 1.57. The van der Waals surface area contributed by atoms with E-state index >= 15 is 0 Å². The monoisotopic (exact) mass is 959 g/mol. The number of aliphatic hydroxyl groups is 1. The molecule has 0 aromatic heterocycles. The Morgan fingerprint density at radius 3 is 1.84 bits per heavy atom. The second-order valence-electron chi connectivity index (χ2n) is 18.4. The highest BCUT2D eigenvalue weighted by Crippen LogP contribution is 2.19. The van der Waals surface area contributed by atoms with Crippen LogP contribution in [0.5, 0.6) is 0 Å². The summed E-state index contributed by atoms with van der Waals surface area (Å²) in [4.78, 5) is 122. The number of aliphatic hydroxyl groups excluding tert-OH is 1. The van der Waals surface area contributed by atoms with Crippen LogP contribution in [0.15, 0.2) is 30.3 Å². The van der Waals surface area contributed by atoms with E-state index in [9.17, 15) is 53.4 Å². The number of amides is 8. The molecule has 68 heavy (non-hydrogen) atoms. The molecule has 382 valence electrons. The maximum absolute atomic E-state index is 14.1. The van der Waals surface area contributed by atoms with Gasteiger partial charge in [0.05, 0.1) is 18.7 Å². The molecule has 0 aliphatic carbocycles. The summed E-state index contributed by atoms with van der Waals surface area (Å²) in [6.45, 7) is 13.4. The first-order valence-electron chi connectivity index (χ1n) is 23.9. The highest BCUT2D eigenvalue weighted by Gasteiger charge is 2.38. The summed E-state index contributed by atoms with van der Waals surface area (Å²) in [5.74, 6) is -7.82. The zero-order valence-electron chi connectivity index (χ0n) is 41.0. The van der Waals surface area contributed by atoms with E-state index in [1.807, 2.05) is 20.8 Å². The van der Waals surface area contributed by atoms with E-state index in [2.05, 4.69) is 37.2 Å². The van der Waals surface area contributed by atoms with Crippen LogP contribution < -0.4 is 48.7 Å². The average molecular weight is 959 g/mol. The molecular formula is C47H78N10O11. The molecule has 0 spiro atoms. The first-order chi connectivity index (χ1) is 32.1. The fourth-order valence-electron chi connectivity index (χ4n) is 7.69. The van der Waals surface area contributed by atoms with Gasteiger partial charge in [0.1, 0.15) is 42.3 Å². The van der Waals surface area contributed by atoms with Gasteiger partial charge in [0, 0.05) is 13.0 Å². The second kappa shape index (κ2) is 29.3. The van der Waals surface area contributed by atoms with Crippen LogP contribution >= 0.6 is 0 Å². The Morgan fingerprint density at radius 2 is 1.28 bits per heavy atom. The lowest BCUT2D eigenvalue weighted by Crippen LogP contribution is -2.60. The van der Waals surface area contributed by atoms with E-state index < -0.39 is 126 Å². The molecule has 11 atom stereocenters. The third kappa shape index (κ3) is 18.8. The zero-order chi connectivity index (χ0) is 51.2. The number of benzene rings is 1. The van der Waals surface area contributed by atoms with Crippen molar-refractivity contribution in [1.29, 1.82) is 0 Å². The Kier molecular flexibility index (Phi) is 25.2. The molecule has 0 unspecified atom stereocenters. The van der Waals surface area contributed by atoms with Gasteiger partial charge in [0.25, 0.3) is 0 Å². The van der Waals surface area contributed by atoms with E-state index in [0.717, 1.165) is 0 Å². The molecule has 13 N–H and O–H groups in total. The number of rotatable bonds is 29. The Balaban J connectivity index is 2.27. The van der Waals surface area contributed by atoms with Crippen LogP contribution in [-0.2, 0) is 49.6 Å². The van der Waals surface area contributed by atoms with Crippen LogP contribution in [0.2, 0.25) is 0 Å². The van der Waals surface area contributed by atoms with E-state index in [0.29, 0.717) is 57.2 Å². The molecule has 21 heteroatoms. The molecule has 0 radical (unpaired) electrons. The lowest BCUT2D eigenvalue weighted by Gasteiger charge is -2.30. The maximum atomic E-state index is 14.1. The Labute approximate surface area is 400 Å². The van der Waals surface area contributed by atoms with Crippen LogP contribution in [0, 0.1) is 17.8 Å². The summed E-state index contributed by atoms with van der Waals surface area (Å²) >= 11 is 0. The zero-order valence-corrected chi connectivity index (χ0v) is 41.0. The number of carboxylic acid groups (broad SMARTS) is 1. The predicted octanol–water partition coefficient (Wildman–Crippen LogP) is -0.675. The molecule has 1 aromatic rings. The van der Waals surface area contributed by atoms with Crippen molar-refractivity contribution in [2.24, 2.45) is 29.2 Å². The van der Waals surface area contributed by atoms with Gasteiger partial charge in [-0.1, -0.05) is 84.7 Å². The van der Waals surface area contributed by atoms with Gasteiger partial charge in [-0.05, 0) is 82.2 Å². The van der Waals surface area contributed by atoms with E-state index in [1.165, 1.54) is 18.7 Å². The molecule has 1 aromatic carbocycles. The minimum absolute atomic E-state index is 0.0336. The topological polar surface area (TPSA) is 334 Å². The number of hydrogen-bond donors (Lipinski definition) is 11. The minimum Gasteiger partial charge on any atom is -0.480 e. The van der Waals surface area contributed by atoms with Gasteiger partial charge in [-0.3, -0.25) is 38.4 Å². The molecule has 0 saturated carbocycles. The van der Waals surface area contributed by atoms with Gasteiger partial charge in [-0.2, -0.15) is 0 Å². The van der Waals surface area contributed by atoms with Crippen molar-refractivity contribution in [3.05, 3.63) is 35.9 Å². The number of unbranched alkanes of at least 4 members (excludes halogenated alkanes) is 1. The van der Waals surface area contributed by atoms with Crippen molar-refractivity contribution in [3.63, 3.8) is 0 Å². The highest BCUT2D eigenvalue weighted by atomic mass is 16.4. The van der Waals surface area contributed by atoms with Gasteiger partial charge >= 0.3 is 5.97 Å². The molecule has 8 amide bonds. The maximum Gasteiger partial charge on any atom is 0.326 e. The summed E-state index contributed by atoms with van der Waals surface area (Å²) in [5, 5.41) is 38.6. The SMILES string of the molecule is CC[C@H](C)[C@H](NC(=O)[C@@H](NC(=O)[C@H](CC(C)C)NC(=O)[C@H](Cc1ccccc1)NC(=O)CNC(=O)[C@@H](NC(=O)[C@H](CCCCN)NC(=O)[C@@H]1CCCN1C(=O)[C@H](C)N)[C@@H](C)O)[C@@H](C)CC)C(=O)O. The molecule has 21 nitrogen and oxygen atoms in total. The molecule has 2 rings (SSSR count). The number of aliphatic carboxylic acids is 1. The number of nitrogens with zero attached hydrogens (tertiary/aromatic N) is 1. The number of nitrogens with two attached hydrogens (primary N) is 2. The molecule has 0 bridgehead atoms. The van der Waals surface area contributed by atoms with Crippen molar-refractivity contribution < 1.29 is 53.4 Å². The third-order valence-electron chi connectivity index (χ3n) is 12.1. The molecule has 1 aliphatic rings. The van der Waals surface area contributed by atoms with Gasteiger partial charge in [-0.15, -0.1) is 0 Å². The Bertz CT molecular complexity index is 1850. The van der Waals surface area contributed by atoms with Crippen molar-refractivity contribution >= 4 is 53.2 Å². The standard InChI is InChI=1S/C47H78N10O11/c1-9-27(5)37(45(65)55-38(47(67)68)28(6)10-2)54-42(62)33(23-26(3)4)53-41(61)34(24-31-17-12-11-13-18-31)51-36(59)25-50-44(64)39(30(8)58)56-40(60)32(19-14-15-21-48)52-43(63)35-20-16-22-57(35)46(66)29(7)49/h11-13,17-18,26-30,32-35,37-39,58H,9-10,14-16,19-25,48-49H2,1-8H3,(H,50,64)(H,51,59)(H,52,63)(H,53,61)(H,54,62)(H,55,65)(H,56,60)(H,67,68)/t27-,28-,29-,30+,32-,33-,34-,35-,37-,38-,39-/m0/s1. The third-order valence-corrected chi connectivity index (χ3v) is 12.1. The number of carboxylic acids is 1. The predicted molar refractivity (Wildman–Crippen MR) is 254 cm³/mol.